The van der Waals surface area contributed by atoms with Gasteiger partial charge in [-0.3, -0.25) is 0 Å². The Balaban J connectivity index is 2.33. The Bertz CT molecular complexity index is 569. The Hall–Kier alpha value is -1.72. The van der Waals surface area contributed by atoms with E-state index in [1.165, 1.54) is 4.88 Å². The van der Waals surface area contributed by atoms with Crippen LogP contribution in [0.25, 0.3) is 0 Å². The SMILES string of the molecule is COc1cc(OC)c(OC)cc1CC(CN)c1cccs1. The Morgan fingerprint density at radius 2 is 1.71 bits per heavy atom. The molecule has 0 saturated carbocycles. The normalized spacial score (nSPS) is 12.0. The minimum atomic E-state index is 0.275. The van der Waals surface area contributed by atoms with E-state index in [1.807, 2.05) is 12.1 Å². The molecule has 4 nitrogen and oxygen atoms in total. The molecule has 0 radical (unpaired) electrons. The molecule has 5 heteroatoms. The molecule has 0 spiro atoms. The number of benzene rings is 1. The van der Waals surface area contributed by atoms with E-state index in [1.54, 1.807) is 32.7 Å². The Kier molecular flexibility index (Phi) is 5.47. The van der Waals surface area contributed by atoms with Crippen molar-refractivity contribution < 1.29 is 14.2 Å². The lowest BCUT2D eigenvalue weighted by Crippen LogP contribution is -2.14. The monoisotopic (exact) mass is 307 g/mol. The van der Waals surface area contributed by atoms with E-state index in [4.69, 9.17) is 19.9 Å². The summed E-state index contributed by atoms with van der Waals surface area (Å²) in [6.07, 6.45) is 0.806. The molecular weight excluding hydrogens is 286 g/mol. The van der Waals surface area contributed by atoms with Gasteiger partial charge in [-0.15, -0.1) is 11.3 Å². The van der Waals surface area contributed by atoms with Crippen molar-refractivity contribution in [1.82, 2.24) is 0 Å². The third kappa shape index (κ3) is 3.49. The lowest BCUT2D eigenvalue weighted by Gasteiger charge is -2.18. The van der Waals surface area contributed by atoms with Gasteiger partial charge in [-0.2, -0.15) is 0 Å². The second-order valence-electron chi connectivity index (χ2n) is 4.67. The molecule has 1 aromatic carbocycles. The lowest BCUT2D eigenvalue weighted by molar-refractivity contribution is 0.347. The average Bonchev–Trinajstić information content (AvgIpc) is 3.05. The zero-order valence-corrected chi connectivity index (χ0v) is 13.4. The minimum Gasteiger partial charge on any atom is -0.496 e. The second kappa shape index (κ2) is 7.33. The van der Waals surface area contributed by atoms with Crippen LogP contribution in [0.4, 0.5) is 0 Å². The maximum absolute atomic E-state index is 5.94. The molecule has 21 heavy (non-hydrogen) atoms. The van der Waals surface area contributed by atoms with Crippen LogP contribution in [0.15, 0.2) is 29.6 Å². The van der Waals surface area contributed by atoms with Crippen molar-refractivity contribution in [3.63, 3.8) is 0 Å². The third-order valence-corrected chi connectivity index (χ3v) is 4.52. The number of methoxy groups -OCH3 is 3. The number of nitrogens with two attached hydrogens (primary N) is 1. The summed E-state index contributed by atoms with van der Waals surface area (Å²) < 4.78 is 16.2. The highest BCUT2D eigenvalue weighted by Crippen LogP contribution is 2.37. The molecule has 0 amide bonds. The fourth-order valence-electron chi connectivity index (χ4n) is 2.34. The number of rotatable bonds is 7. The van der Waals surface area contributed by atoms with Gasteiger partial charge in [-0.1, -0.05) is 6.07 Å². The van der Waals surface area contributed by atoms with Gasteiger partial charge in [-0.05, 0) is 29.5 Å². The van der Waals surface area contributed by atoms with Crippen LogP contribution >= 0.6 is 11.3 Å². The van der Waals surface area contributed by atoms with E-state index in [-0.39, 0.29) is 5.92 Å². The molecule has 0 bridgehead atoms. The molecule has 0 saturated heterocycles. The van der Waals surface area contributed by atoms with Crippen molar-refractivity contribution in [3.05, 3.63) is 40.1 Å². The van der Waals surface area contributed by atoms with Crippen LogP contribution in [0, 0.1) is 0 Å². The van der Waals surface area contributed by atoms with Crippen LogP contribution in [0.3, 0.4) is 0 Å². The van der Waals surface area contributed by atoms with E-state index in [2.05, 4.69) is 17.5 Å². The second-order valence-corrected chi connectivity index (χ2v) is 5.65. The van der Waals surface area contributed by atoms with E-state index in [0.29, 0.717) is 18.0 Å². The van der Waals surface area contributed by atoms with Crippen molar-refractivity contribution in [3.8, 4) is 17.2 Å². The summed E-state index contributed by atoms with van der Waals surface area (Å²) in [4.78, 5) is 1.29. The standard InChI is InChI=1S/C16H21NO3S/c1-18-13-9-15(20-3)14(19-2)8-11(13)7-12(10-17)16-5-4-6-21-16/h4-6,8-9,12H,7,10,17H2,1-3H3. The molecule has 1 aromatic heterocycles. The van der Waals surface area contributed by atoms with Crippen molar-refractivity contribution in [1.29, 1.82) is 0 Å². The van der Waals surface area contributed by atoms with Crippen LogP contribution in [-0.4, -0.2) is 27.9 Å². The summed E-state index contributed by atoms with van der Waals surface area (Å²) in [6, 6.07) is 7.99. The van der Waals surface area contributed by atoms with Gasteiger partial charge in [0.15, 0.2) is 11.5 Å². The van der Waals surface area contributed by atoms with Crippen LogP contribution in [-0.2, 0) is 6.42 Å². The predicted molar refractivity (Wildman–Crippen MR) is 85.9 cm³/mol. The highest BCUT2D eigenvalue weighted by molar-refractivity contribution is 7.10. The maximum atomic E-state index is 5.94. The minimum absolute atomic E-state index is 0.275. The molecule has 2 N–H and O–H groups in total. The molecule has 1 unspecified atom stereocenters. The molecule has 0 fully saturated rings. The van der Waals surface area contributed by atoms with Crippen molar-refractivity contribution in [2.24, 2.45) is 5.73 Å². The quantitative estimate of drug-likeness (QED) is 0.854. The van der Waals surface area contributed by atoms with Gasteiger partial charge in [0.1, 0.15) is 5.75 Å². The Morgan fingerprint density at radius 1 is 1.05 bits per heavy atom. The Labute approximate surface area is 129 Å². The highest BCUT2D eigenvalue weighted by atomic mass is 32.1. The molecule has 0 aliphatic heterocycles. The molecule has 2 rings (SSSR count). The van der Waals surface area contributed by atoms with Gasteiger partial charge in [0, 0.05) is 23.4 Å². The summed E-state index contributed by atoms with van der Waals surface area (Å²) in [6.45, 7) is 0.595. The largest absolute Gasteiger partial charge is 0.496 e. The van der Waals surface area contributed by atoms with Gasteiger partial charge < -0.3 is 19.9 Å². The summed E-state index contributed by atoms with van der Waals surface area (Å²) >= 11 is 1.73. The van der Waals surface area contributed by atoms with Crippen LogP contribution in [0.1, 0.15) is 16.4 Å². The van der Waals surface area contributed by atoms with Gasteiger partial charge >= 0.3 is 0 Å². The topological polar surface area (TPSA) is 53.7 Å². The van der Waals surface area contributed by atoms with Crippen LogP contribution < -0.4 is 19.9 Å². The predicted octanol–water partition coefficient (Wildman–Crippen LogP) is 3.06. The maximum Gasteiger partial charge on any atom is 0.164 e. The number of ether oxygens (including phenoxy) is 3. The first-order valence-electron chi connectivity index (χ1n) is 6.75. The zero-order chi connectivity index (χ0) is 15.2. The molecule has 1 atom stereocenters. The summed E-state index contributed by atoms with van der Waals surface area (Å²) in [7, 11) is 4.91. The smallest absolute Gasteiger partial charge is 0.164 e. The highest BCUT2D eigenvalue weighted by Gasteiger charge is 2.17. The first-order chi connectivity index (χ1) is 10.2. The summed E-state index contributed by atoms with van der Waals surface area (Å²) in [5.74, 6) is 2.44. The van der Waals surface area contributed by atoms with Gasteiger partial charge in [0.05, 0.1) is 21.3 Å². The fraction of sp³-hybridized carbons (Fsp3) is 0.375. The van der Waals surface area contributed by atoms with E-state index in [0.717, 1.165) is 17.7 Å². The van der Waals surface area contributed by atoms with Crippen molar-refractivity contribution in [2.45, 2.75) is 12.3 Å². The number of hydrogen-bond acceptors (Lipinski definition) is 5. The fourth-order valence-corrected chi connectivity index (χ4v) is 3.18. The molecular formula is C16H21NO3S. The molecule has 0 aliphatic carbocycles. The molecule has 2 aromatic rings. The molecule has 114 valence electrons. The van der Waals surface area contributed by atoms with Gasteiger partial charge in [0.25, 0.3) is 0 Å². The van der Waals surface area contributed by atoms with Crippen molar-refractivity contribution >= 4 is 11.3 Å². The first-order valence-corrected chi connectivity index (χ1v) is 7.63. The summed E-state index contributed by atoms with van der Waals surface area (Å²) in [5.41, 5.74) is 7.01. The average molecular weight is 307 g/mol. The number of hydrogen-bond donors (Lipinski definition) is 1. The molecule has 0 aliphatic rings. The number of thiophene rings is 1. The van der Waals surface area contributed by atoms with Crippen LogP contribution in [0.5, 0.6) is 17.2 Å². The summed E-state index contributed by atoms with van der Waals surface area (Å²) in [5, 5.41) is 2.07. The van der Waals surface area contributed by atoms with E-state index in [9.17, 15) is 0 Å². The first kappa shape index (κ1) is 15.7. The zero-order valence-electron chi connectivity index (χ0n) is 12.6. The van der Waals surface area contributed by atoms with E-state index >= 15 is 0 Å². The van der Waals surface area contributed by atoms with Gasteiger partial charge in [-0.25, -0.2) is 0 Å². The Morgan fingerprint density at radius 3 is 2.24 bits per heavy atom. The van der Waals surface area contributed by atoms with Crippen molar-refractivity contribution in [2.75, 3.05) is 27.9 Å². The lowest BCUT2D eigenvalue weighted by atomic mass is 9.96. The van der Waals surface area contributed by atoms with Crippen LogP contribution in [0.2, 0.25) is 0 Å². The molecule has 1 heterocycles. The van der Waals surface area contributed by atoms with E-state index < -0.39 is 0 Å². The third-order valence-electron chi connectivity index (χ3n) is 3.48. The van der Waals surface area contributed by atoms with Gasteiger partial charge in [0.2, 0.25) is 0 Å².